The van der Waals surface area contributed by atoms with Crippen molar-refractivity contribution in [1.82, 2.24) is 0 Å². The topological polar surface area (TPSA) is 52.8 Å². The van der Waals surface area contributed by atoms with Crippen LogP contribution in [0.5, 0.6) is 23.0 Å². The zero-order valence-corrected chi connectivity index (χ0v) is 14.8. The predicted octanol–water partition coefficient (Wildman–Crippen LogP) is 4.19. The van der Waals surface area contributed by atoms with Crippen molar-refractivity contribution in [3.63, 3.8) is 0 Å². The molecule has 0 aromatic heterocycles. The second-order valence-electron chi connectivity index (χ2n) is 6.76. The first-order valence-corrected chi connectivity index (χ1v) is 9.13. The Balaban J connectivity index is 1.45. The monoisotopic (exact) mass is 364 g/mol. The summed E-state index contributed by atoms with van der Waals surface area (Å²) in [5, 5.41) is 2.10. The molecule has 0 amide bonds. The summed E-state index contributed by atoms with van der Waals surface area (Å²) in [6.45, 7) is 2.66. The van der Waals surface area contributed by atoms with Gasteiger partial charge in [0.2, 0.25) is 0 Å². The molecule has 0 aliphatic carbocycles. The first-order valence-electron chi connectivity index (χ1n) is 9.13. The van der Waals surface area contributed by atoms with E-state index in [-0.39, 0.29) is 12.2 Å². The van der Waals surface area contributed by atoms with Crippen LogP contribution < -0.4 is 14.2 Å². The van der Waals surface area contributed by atoms with Gasteiger partial charge in [0.1, 0.15) is 36.9 Å². The number of para-hydroxylation sites is 1. The largest absolute Gasteiger partial charge is 0.491 e. The highest BCUT2D eigenvalue weighted by molar-refractivity contribution is 5.87. The van der Waals surface area contributed by atoms with Gasteiger partial charge < -0.3 is 23.7 Å². The first kappa shape index (κ1) is 16.4. The van der Waals surface area contributed by atoms with Crippen molar-refractivity contribution >= 4 is 10.8 Å². The smallest absolute Gasteiger partial charge is 0.169 e. The van der Waals surface area contributed by atoms with Crippen LogP contribution in [-0.4, -0.2) is 38.6 Å². The Morgan fingerprint density at radius 1 is 0.704 bits per heavy atom. The lowest BCUT2D eigenvalue weighted by Crippen LogP contribution is -2.05. The summed E-state index contributed by atoms with van der Waals surface area (Å²) in [4.78, 5) is 0. The molecule has 0 radical (unpaired) electrons. The molecule has 3 aromatic rings. The van der Waals surface area contributed by atoms with Crippen LogP contribution in [0.3, 0.4) is 0 Å². The molecule has 0 saturated carbocycles. The van der Waals surface area contributed by atoms with E-state index in [4.69, 9.17) is 23.7 Å². The molecule has 5 nitrogen and oxygen atoms in total. The molecule has 2 aliphatic heterocycles. The van der Waals surface area contributed by atoms with Crippen LogP contribution >= 0.6 is 0 Å². The van der Waals surface area contributed by atoms with Gasteiger partial charge in [0.05, 0.1) is 13.2 Å². The van der Waals surface area contributed by atoms with Gasteiger partial charge in [-0.2, -0.15) is 0 Å². The third-order valence-corrected chi connectivity index (χ3v) is 4.51. The van der Waals surface area contributed by atoms with Crippen molar-refractivity contribution in [3.05, 3.63) is 60.7 Å². The molecule has 2 atom stereocenters. The maximum atomic E-state index is 6.09. The van der Waals surface area contributed by atoms with Crippen LogP contribution in [0.4, 0.5) is 0 Å². The second-order valence-corrected chi connectivity index (χ2v) is 6.76. The van der Waals surface area contributed by atoms with Gasteiger partial charge in [-0.25, -0.2) is 0 Å². The van der Waals surface area contributed by atoms with E-state index >= 15 is 0 Å². The summed E-state index contributed by atoms with van der Waals surface area (Å²) in [7, 11) is 0. The molecule has 0 spiro atoms. The van der Waals surface area contributed by atoms with E-state index in [9.17, 15) is 0 Å². The van der Waals surface area contributed by atoms with E-state index in [1.54, 1.807) is 0 Å². The number of ether oxygens (including phenoxy) is 5. The highest BCUT2D eigenvalue weighted by Crippen LogP contribution is 2.37. The first-order chi connectivity index (χ1) is 13.3. The summed E-state index contributed by atoms with van der Waals surface area (Å²) in [6, 6.07) is 19.7. The number of hydrogen-bond donors (Lipinski definition) is 0. The molecule has 138 valence electrons. The fraction of sp³-hybridized carbons (Fsp3) is 0.273. The standard InChI is InChI=1S/C22H20O5/c1-2-4-17(5-3-1)27-22-10-16-8-18(23-11-19-12-24-19)7-6-15(16)9-21(22)26-14-20-13-25-20/h1-10,19-20H,11-14H2. The van der Waals surface area contributed by atoms with Crippen molar-refractivity contribution in [2.45, 2.75) is 12.2 Å². The summed E-state index contributed by atoms with van der Waals surface area (Å²) >= 11 is 0. The Morgan fingerprint density at radius 3 is 2.15 bits per heavy atom. The number of hydrogen-bond acceptors (Lipinski definition) is 5. The van der Waals surface area contributed by atoms with Crippen molar-refractivity contribution < 1.29 is 23.7 Å². The molecule has 2 saturated heterocycles. The van der Waals surface area contributed by atoms with Gasteiger partial charge in [0, 0.05) is 0 Å². The predicted molar refractivity (Wildman–Crippen MR) is 101 cm³/mol. The third-order valence-electron chi connectivity index (χ3n) is 4.51. The van der Waals surface area contributed by atoms with Gasteiger partial charge in [-0.05, 0) is 47.2 Å². The summed E-state index contributed by atoms with van der Waals surface area (Å²) in [5.74, 6) is 2.98. The van der Waals surface area contributed by atoms with E-state index in [1.165, 1.54) is 0 Å². The van der Waals surface area contributed by atoms with Crippen LogP contribution in [0.15, 0.2) is 60.7 Å². The van der Waals surface area contributed by atoms with E-state index in [0.717, 1.165) is 35.5 Å². The van der Waals surface area contributed by atoms with E-state index in [1.807, 2.05) is 60.7 Å². The maximum absolute atomic E-state index is 6.09. The summed E-state index contributed by atoms with van der Waals surface area (Å²) in [5.41, 5.74) is 0. The Kier molecular flexibility index (Phi) is 4.32. The highest BCUT2D eigenvalue weighted by atomic mass is 16.6. The lowest BCUT2D eigenvalue weighted by molar-refractivity contribution is 0.255. The van der Waals surface area contributed by atoms with E-state index < -0.39 is 0 Å². The Hall–Kier alpha value is -2.76. The quantitative estimate of drug-likeness (QED) is 0.561. The fourth-order valence-electron chi connectivity index (χ4n) is 2.83. The highest BCUT2D eigenvalue weighted by Gasteiger charge is 2.24. The van der Waals surface area contributed by atoms with Crippen LogP contribution in [0.25, 0.3) is 10.8 Å². The molecule has 27 heavy (non-hydrogen) atoms. The molecule has 0 N–H and O–H groups in total. The molecule has 2 aliphatic rings. The molecule has 5 rings (SSSR count). The molecule has 2 heterocycles. The molecular formula is C22H20O5. The normalized spacial score (nSPS) is 20.3. The van der Waals surface area contributed by atoms with Crippen molar-refractivity contribution in [2.75, 3.05) is 26.4 Å². The van der Waals surface area contributed by atoms with E-state index in [0.29, 0.717) is 24.7 Å². The van der Waals surface area contributed by atoms with Crippen molar-refractivity contribution in [1.29, 1.82) is 0 Å². The molecule has 2 fully saturated rings. The number of epoxide rings is 2. The molecule has 2 unspecified atom stereocenters. The van der Waals surface area contributed by atoms with Gasteiger partial charge in [-0.3, -0.25) is 0 Å². The van der Waals surface area contributed by atoms with Crippen molar-refractivity contribution in [3.8, 4) is 23.0 Å². The minimum Gasteiger partial charge on any atom is -0.491 e. The number of rotatable bonds is 8. The average molecular weight is 364 g/mol. The van der Waals surface area contributed by atoms with Gasteiger partial charge in [0.25, 0.3) is 0 Å². The van der Waals surface area contributed by atoms with Gasteiger partial charge >= 0.3 is 0 Å². The fourth-order valence-corrected chi connectivity index (χ4v) is 2.83. The second kappa shape index (κ2) is 7.10. The SMILES string of the molecule is c1ccc(Oc2cc3cc(OCC4CO4)ccc3cc2OCC2CO2)cc1. The zero-order valence-electron chi connectivity index (χ0n) is 14.8. The Morgan fingerprint density at radius 2 is 1.41 bits per heavy atom. The molecule has 3 aromatic carbocycles. The minimum absolute atomic E-state index is 0.186. The number of fused-ring (bicyclic) bond motifs is 1. The average Bonchev–Trinajstić information content (AvgIpc) is 3.60. The summed E-state index contributed by atoms with van der Waals surface area (Å²) in [6.07, 6.45) is 0.420. The Labute approximate surface area is 157 Å². The van der Waals surface area contributed by atoms with Crippen LogP contribution in [-0.2, 0) is 9.47 Å². The van der Waals surface area contributed by atoms with Crippen LogP contribution in [0.2, 0.25) is 0 Å². The molecular weight excluding hydrogens is 344 g/mol. The maximum Gasteiger partial charge on any atom is 0.169 e. The molecule has 5 heteroatoms. The number of benzene rings is 3. The van der Waals surface area contributed by atoms with Crippen LogP contribution in [0, 0.1) is 0 Å². The zero-order chi connectivity index (χ0) is 18.1. The van der Waals surface area contributed by atoms with Gasteiger partial charge in [-0.1, -0.05) is 24.3 Å². The van der Waals surface area contributed by atoms with Gasteiger partial charge in [-0.15, -0.1) is 0 Å². The van der Waals surface area contributed by atoms with E-state index in [2.05, 4.69) is 0 Å². The molecule has 0 bridgehead atoms. The van der Waals surface area contributed by atoms with Gasteiger partial charge in [0.15, 0.2) is 11.5 Å². The lowest BCUT2D eigenvalue weighted by atomic mass is 10.1. The van der Waals surface area contributed by atoms with Crippen molar-refractivity contribution in [2.24, 2.45) is 0 Å². The summed E-state index contributed by atoms with van der Waals surface area (Å²) < 4.78 is 28.3. The lowest BCUT2D eigenvalue weighted by Gasteiger charge is -2.14. The minimum atomic E-state index is 0.186. The third kappa shape index (κ3) is 4.15. The Bertz CT molecular complexity index is 932. The van der Waals surface area contributed by atoms with Crippen LogP contribution in [0.1, 0.15) is 0 Å².